The minimum absolute atomic E-state index is 0.0451. The van der Waals surface area contributed by atoms with Crippen LogP contribution in [0.1, 0.15) is 16.2 Å². The van der Waals surface area contributed by atoms with E-state index in [1.54, 1.807) is 5.92 Å². The van der Waals surface area contributed by atoms with Crippen LogP contribution in [-0.4, -0.2) is 15.6 Å². The van der Waals surface area contributed by atoms with Crippen molar-refractivity contribution in [2.75, 3.05) is 0 Å². The lowest BCUT2D eigenvalue weighted by molar-refractivity contribution is -0.144. The number of carbonyl (C=O) groups is 1. The summed E-state index contributed by atoms with van der Waals surface area (Å²) in [4.78, 5) is 21.4. The highest BCUT2D eigenvalue weighted by Gasteiger charge is 2.42. The van der Waals surface area contributed by atoms with Gasteiger partial charge in [0.25, 0.3) is 0 Å². The van der Waals surface area contributed by atoms with Gasteiger partial charge in [0.05, 0.1) is 6.54 Å². The van der Waals surface area contributed by atoms with Gasteiger partial charge in [0, 0.05) is 0 Å². The summed E-state index contributed by atoms with van der Waals surface area (Å²) in [6.07, 6.45) is -0.270. The van der Waals surface area contributed by atoms with Gasteiger partial charge in [-0.25, -0.2) is 9.59 Å². The monoisotopic (exact) mass is 235 g/mol. The lowest BCUT2D eigenvalue weighted by Crippen LogP contribution is -2.22. The van der Waals surface area contributed by atoms with Gasteiger partial charge in [0.2, 0.25) is 5.76 Å². The highest BCUT2D eigenvalue weighted by atomic mass is 19.4. The molecule has 16 heavy (non-hydrogen) atoms. The van der Waals surface area contributed by atoms with Crippen LogP contribution in [0.25, 0.3) is 0 Å². The Bertz CT molecular complexity index is 517. The second-order valence-corrected chi connectivity index (χ2v) is 2.64. The van der Waals surface area contributed by atoms with Crippen molar-refractivity contribution in [3.63, 3.8) is 0 Å². The number of carboxylic acids is 1. The van der Waals surface area contributed by atoms with Gasteiger partial charge in [-0.15, -0.1) is 6.42 Å². The normalized spacial score (nSPS) is 11.1. The number of rotatable bonds is 2. The van der Waals surface area contributed by atoms with E-state index in [4.69, 9.17) is 11.5 Å². The Morgan fingerprint density at radius 1 is 1.56 bits per heavy atom. The molecular weight excluding hydrogens is 231 g/mol. The minimum atomic E-state index is -5.03. The van der Waals surface area contributed by atoms with Crippen LogP contribution in [0.4, 0.5) is 13.2 Å². The predicted octanol–water partition coefficient (Wildman–Crippen LogP) is 0.792. The van der Waals surface area contributed by atoms with Crippen LogP contribution in [0.5, 0.6) is 0 Å². The molecular formula is C8H4F3NO4. The number of alkyl halides is 3. The van der Waals surface area contributed by atoms with Crippen molar-refractivity contribution >= 4 is 5.97 Å². The number of terminal acetylenes is 1. The van der Waals surface area contributed by atoms with Crippen LogP contribution in [-0.2, 0) is 12.7 Å². The average molecular weight is 235 g/mol. The zero-order valence-corrected chi connectivity index (χ0v) is 7.54. The molecule has 0 amide bonds. The SMILES string of the molecule is C#CCn1c(C(F)(F)F)c(C(=O)O)oc1=O. The molecule has 1 N–H and O–H groups in total. The van der Waals surface area contributed by atoms with Crippen LogP contribution >= 0.6 is 0 Å². The van der Waals surface area contributed by atoms with E-state index in [0.29, 0.717) is 0 Å². The molecule has 0 aliphatic rings. The van der Waals surface area contributed by atoms with Gasteiger partial charge >= 0.3 is 17.9 Å². The molecule has 0 aromatic carbocycles. The minimum Gasteiger partial charge on any atom is -0.475 e. The Hall–Kier alpha value is -2.17. The smallest absolute Gasteiger partial charge is 0.435 e. The van der Waals surface area contributed by atoms with E-state index in [1.165, 1.54) is 0 Å². The fourth-order valence-corrected chi connectivity index (χ4v) is 1.07. The number of oxazole rings is 1. The van der Waals surface area contributed by atoms with Crippen molar-refractivity contribution in [3.8, 4) is 12.3 Å². The molecule has 1 rings (SSSR count). The summed E-state index contributed by atoms with van der Waals surface area (Å²) in [5.41, 5.74) is -1.69. The van der Waals surface area contributed by atoms with Gasteiger partial charge < -0.3 is 9.52 Å². The number of nitrogens with zero attached hydrogens (tertiary/aromatic N) is 1. The van der Waals surface area contributed by atoms with Crippen LogP contribution < -0.4 is 5.76 Å². The van der Waals surface area contributed by atoms with Crippen molar-refractivity contribution in [1.82, 2.24) is 4.57 Å². The van der Waals surface area contributed by atoms with Crippen molar-refractivity contribution in [2.45, 2.75) is 12.7 Å². The lowest BCUT2D eigenvalue weighted by atomic mass is 10.3. The first-order chi connectivity index (χ1) is 7.29. The Balaban J connectivity index is 3.57. The summed E-state index contributed by atoms with van der Waals surface area (Å²) in [5, 5.41) is 8.44. The van der Waals surface area contributed by atoms with Gasteiger partial charge in [0.1, 0.15) is 0 Å². The van der Waals surface area contributed by atoms with E-state index in [2.05, 4.69) is 4.42 Å². The van der Waals surface area contributed by atoms with Crippen LogP contribution in [0.3, 0.4) is 0 Å². The Morgan fingerprint density at radius 2 is 2.12 bits per heavy atom. The summed E-state index contributed by atoms with van der Waals surface area (Å²) in [6, 6.07) is 0. The zero-order valence-electron chi connectivity index (χ0n) is 7.54. The van der Waals surface area contributed by atoms with Crippen LogP contribution in [0.2, 0.25) is 0 Å². The summed E-state index contributed by atoms with van der Waals surface area (Å²) in [5.74, 6) is -3.11. The molecule has 0 saturated heterocycles. The molecule has 1 aromatic heterocycles. The third-order valence-electron chi connectivity index (χ3n) is 1.61. The highest BCUT2D eigenvalue weighted by molar-refractivity contribution is 5.85. The van der Waals surface area contributed by atoms with E-state index in [-0.39, 0.29) is 4.57 Å². The fraction of sp³-hybridized carbons (Fsp3) is 0.250. The molecule has 86 valence electrons. The Kier molecular flexibility index (Phi) is 2.80. The fourth-order valence-electron chi connectivity index (χ4n) is 1.07. The molecule has 0 bridgehead atoms. The van der Waals surface area contributed by atoms with Crippen molar-refractivity contribution in [1.29, 1.82) is 0 Å². The number of aromatic carboxylic acids is 1. The third-order valence-corrected chi connectivity index (χ3v) is 1.61. The molecule has 5 nitrogen and oxygen atoms in total. The molecule has 8 heteroatoms. The highest BCUT2D eigenvalue weighted by Crippen LogP contribution is 2.31. The molecule has 1 aromatic rings. The van der Waals surface area contributed by atoms with Gasteiger partial charge in [-0.1, -0.05) is 5.92 Å². The molecule has 0 aliphatic heterocycles. The topological polar surface area (TPSA) is 72.4 Å². The maximum absolute atomic E-state index is 12.5. The lowest BCUT2D eigenvalue weighted by Gasteiger charge is -2.07. The van der Waals surface area contributed by atoms with E-state index in [1.807, 2.05) is 0 Å². The van der Waals surface area contributed by atoms with E-state index in [9.17, 15) is 22.8 Å². The second kappa shape index (κ2) is 3.77. The maximum atomic E-state index is 12.5. The van der Waals surface area contributed by atoms with E-state index >= 15 is 0 Å². The first kappa shape index (κ1) is 11.9. The third kappa shape index (κ3) is 1.93. The predicted molar refractivity (Wildman–Crippen MR) is 43.8 cm³/mol. The second-order valence-electron chi connectivity index (χ2n) is 2.64. The number of carboxylic acid groups (broad SMARTS) is 1. The number of hydrogen-bond donors (Lipinski definition) is 1. The summed E-state index contributed by atoms with van der Waals surface area (Å²) >= 11 is 0. The molecule has 0 saturated carbocycles. The summed E-state index contributed by atoms with van der Waals surface area (Å²) in [6.45, 7) is -0.718. The van der Waals surface area contributed by atoms with Gasteiger partial charge in [0.15, 0.2) is 5.69 Å². The van der Waals surface area contributed by atoms with Crippen LogP contribution in [0, 0.1) is 12.3 Å². The Morgan fingerprint density at radius 3 is 2.50 bits per heavy atom. The Labute approximate surface area is 86.1 Å². The quantitative estimate of drug-likeness (QED) is 0.769. The molecule has 0 spiro atoms. The standard InChI is InChI=1S/C8H4F3NO4/c1-2-3-12-5(8(9,10)11)4(6(13)14)16-7(12)15/h1H,3H2,(H,13,14). The summed E-state index contributed by atoms with van der Waals surface area (Å²) in [7, 11) is 0. The van der Waals surface area contributed by atoms with Crippen molar-refractivity contribution in [3.05, 3.63) is 22.0 Å². The van der Waals surface area contributed by atoms with Crippen molar-refractivity contribution < 1.29 is 27.5 Å². The van der Waals surface area contributed by atoms with Crippen molar-refractivity contribution in [2.24, 2.45) is 0 Å². The summed E-state index contributed by atoms with van der Waals surface area (Å²) < 4.78 is 41.4. The molecule has 1 heterocycles. The number of hydrogen-bond acceptors (Lipinski definition) is 3. The largest absolute Gasteiger partial charge is 0.475 e. The molecule has 0 radical (unpaired) electrons. The van der Waals surface area contributed by atoms with E-state index < -0.39 is 35.9 Å². The van der Waals surface area contributed by atoms with Crippen LogP contribution in [0.15, 0.2) is 9.21 Å². The molecule has 0 fully saturated rings. The van der Waals surface area contributed by atoms with Gasteiger partial charge in [-0.2, -0.15) is 13.2 Å². The van der Waals surface area contributed by atoms with Gasteiger partial charge in [-0.05, 0) is 0 Å². The average Bonchev–Trinajstić information content (AvgIpc) is 2.44. The first-order valence-corrected chi connectivity index (χ1v) is 3.76. The molecule has 0 unspecified atom stereocenters. The first-order valence-electron chi connectivity index (χ1n) is 3.76. The number of aromatic nitrogens is 1. The zero-order chi connectivity index (χ0) is 12.5. The van der Waals surface area contributed by atoms with Gasteiger partial charge in [-0.3, -0.25) is 4.57 Å². The molecule has 0 aliphatic carbocycles. The number of halogens is 3. The molecule has 0 atom stereocenters. The van der Waals surface area contributed by atoms with E-state index in [0.717, 1.165) is 0 Å². The maximum Gasteiger partial charge on any atom is 0.435 e.